The maximum Gasteiger partial charge on any atom is 0.280 e. The first-order valence-electron chi connectivity index (χ1n) is 8.62. The smallest absolute Gasteiger partial charge is 0.280 e. The highest BCUT2D eigenvalue weighted by atomic mass is 19.1. The molecular weight excluding hydrogens is 363 g/mol. The summed E-state index contributed by atoms with van der Waals surface area (Å²) in [6.45, 7) is 7.40. The number of aryl methyl sites for hydroxylation is 1. The minimum atomic E-state index is -0.457. The number of hydrogen-bond acceptors (Lipinski definition) is 5. The van der Waals surface area contributed by atoms with Gasteiger partial charge in [-0.05, 0) is 57.5 Å². The highest BCUT2D eigenvalue weighted by molar-refractivity contribution is 6.09. The Morgan fingerprint density at radius 2 is 1.93 bits per heavy atom. The Bertz CT molecular complexity index is 998. The van der Waals surface area contributed by atoms with E-state index in [4.69, 9.17) is 4.52 Å². The molecule has 0 bridgehead atoms. The van der Waals surface area contributed by atoms with Gasteiger partial charge in [0.2, 0.25) is 5.96 Å². The van der Waals surface area contributed by atoms with Gasteiger partial charge in [0.1, 0.15) is 11.6 Å². The van der Waals surface area contributed by atoms with E-state index in [9.17, 15) is 9.18 Å². The summed E-state index contributed by atoms with van der Waals surface area (Å²) in [6, 6.07) is 9.30. The molecule has 3 aromatic rings. The number of anilines is 1. The molecule has 0 saturated carbocycles. The Hall–Kier alpha value is -3.49. The zero-order valence-corrected chi connectivity index (χ0v) is 16.0. The molecule has 0 unspecified atom stereocenters. The van der Waals surface area contributed by atoms with Gasteiger partial charge >= 0.3 is 0 Å². The number of aromatic amines is 1. The van der Waals surface area contributed by atoms with E-state index < -0.39 is 11.4 Å². The molecule has 0 radical (unpaired) electrons. The van der Waals surface area contributed by atoms with E-state index in [-0.39, 0.29) is 17.5 Å². The summed E-state index contributed by atoms with van der Waals surface area (Å²) >= 11 is 0. The SMILES string of the molecule is Cc1cc(C(=O)NC(=NC(C)(C)C)Nc2cc(-c3ccc(F)cc3)[nH]n2)no1. The lowest BCUT2D eigenvalue weighted by Gasteiger charge is -2.16. The molecule has 9 heteroatoms. The lowest BCUT2D eigenvalue weighted by Crippen LogP contribution is -2.38. The number of nitrogens with one attached hydrogen (secondary N) is 3. The van der Waals surface area contributed by atoms with Crippen molar-refractivity contribution >= 4 is 17.7 Å². The molecule has 2 aromatic heterocycles. The van der Waals surface area contributed by atoms with Crippen molar-refractivity contribution in [1.82, 2.24) is 20.7 Å². The largest absolute Gasteiger partial charge is 0.361 e. The summed E-state index contributed by atoms with van der Waals surface area (Å²) in [7, 11) is 0. The van der Waals surface area contributed by atoms with Crippen LogP contribution in [0.25, 0.3) is 11.3 Å². The number of amides is 1. The first-order valence-corrected chi connectivity index (χ1v) is 8.62. The van der Waals surface area contributed by atoms with Crippen molar-refractivity contribution < 1.29 is 13.7 Å². The second kappa shape index (κ2) is 7.63. The normalized spacial score (nSPS) is 12.1. The number of benzene rings is 1. The molecule has 1 aromatic carbocycles. The van der Waals surface area contributed by atoms with Crippen molar-refractivity contribution in [2.75, 3.05) is 5.32 Å². The fourth-order valence-corrected chi connectivity index (χ4v) is 2.35. The fourth-order valence-electron chi connectivity index (χ4n) is 2.35. The van der Waals surface area contributed by atoms with Gasteiger partial charge in [-0.3, -0.25) is 15.2 Å². The zero-order chi connectivity index (χ0) is 20.3. The maximum atomic E-state index is 13.1. The molecule has 28 heavy (non-hydrogen) atoms. The van der Waals surface area contributed by atoms with Crippen LogP contribution in [0.1, 0.15) is 37.0 Å². The van der Waals surface area contributed by atoms with E-state index in [1.807, 2.05) is 20.8 Å². The van der Waals surface area contributed by atoms with E-state index >= 15 is 0 Å². The van der Waals surface area contributed by atoms with Gasteiger partial charge in [-0.2, -0.15) is 5.10 Å². The number of H-pyrrole nitrogens is 1. The van der Waals surface area contributed by atoms with Crippen LogP contribution in [0.4, 0.5) is 10.2 Å². The van der Waals surface area contributed by atoms with Crippen LogP contribution in [0, 0.1) is 12.7 Å². The van der Waals surface area contributed by atoms with Crippen LogP contribution in [0.3, 0.4) is 0 Å². The third-order valence-corrected chi connectivity index (χ3v) is 3.52. The quantitative estimate of drug-likeness (QED) is 0.473. The van der Waals surface area contributed by atoms with Gasteiger partial charge in [0.05, 0.1) is 11.2 Å². The van der Waals surface area contributed by atoms with Crippen LogP contribution < -0.4 is 10.6 Å². The molecule has 3 N–H and O–H groups in total. The van der Waals surface area contributed by atoms with Gasteiger partial charge in [0.15, 0.2) is 11.5 Å². The van der Waals surface area contributed by atoms with Gasteiger partial charge in [-0.15, -0.1) is 0 Å². The Morgan fingerprint density at radius 3 is 2.54 bits per heavy atom. The molecule has 2 heterocycles. The monoisotopic (exact) mass is 384 g/mol. The summed E-state index contributed by atoms with van der Waals surface area (Å²) in [4.78, 5) is 16.9. The maximum absolute atomic E-state index is 13.1. The number of carbonyl (C=O) groups is 1. The summed E-state index contributed by atoms with van der Waals surface area (Å²) in [6.07, 6.45) is 0. The highest BCUT2D eigenvalue weighted by Gasteiger charge is 2.17. The Labute approximate surface area is 161 Å². The Morgan fingerprint density at radius 1 is 1.21 bits per heavy atom. The van der Waals surface area contributed by atoms with Crippen molar-refractivity contribution in [2.45, 2.75) is 33.2 Å². The van der Waals surface area contributed by atoms with Gasteiger partial charge in [-0.25, -0.2) is 9.38 Å². The number of carbonyl (C=O) groups excluding carboxylic acids is 1. The van der Waals surface area contributed by atoms with Crippen molar-refractivity contribution in [3.05, 3.63) is 53.7 Å². The molecule has 1 amide bonds. The lowest BCUT2D eigenvalue weighted by atomic mass is 10.1. The minimum Gasteiger partial charge on any atom is -0.361 e. The van der Waals surface area contributed by atoms with Crippen molar-refractivity contribution in [3.8, 4) is 11.3 Å². The number of guanidine groups is 1. The van der Waals surface area contributed by atoms with Crippen LogP contribution in [0.5, 0.6) is 0 Å². The highest BCUT2D eigenvalue weighted by Crippen LogP contribution is 2.20. The molecule has 0 aliphatic carbocycles. The summed E-state index contributed by atoms with van der Waals surface area (Å²) < 4.78 is 18.0. The number of rotatable bonds is 3. The average Bonchev–Trinajstić information content (AvgIpc) is 3.23. The molecule has 146 valence electrons. The predicted molar refractivity (Wildman–Crippen MR) is 103 cm³/mol. The van der Waals surface area contributed by atoms with Gasteiger partial charge in [-0.1, -0.05) is 5.16 Å². The van der Waals surface area contributed by atoms with E-state index in [1.54, 1.807) is 25.1 Å². The molecule has 0 aliphatic rings. The third-order valence-electron chi connectivity index (χ3n) is 3.52. The van der Waals surface area contributed by atoms with Gasteiger partial charge in [0.25, 0.3) is 5.91 Å². The number of aliphatic imine (C=N–C) groups is 1. The molecule has 0 saturated heterocycles. The van der Waals surface area contributed by atoms with Crippen molar-refractivity contribution in [3.63, 3.8) is 0 Å². The number of aromatic nitrogens is 3. The first kappa shape index (κ1) is 19.3. The summed E-state index contributed by atoms with van der Waals surface area (Å²) in [5.41, 5.74) is 1.16. The second-order valence-corrected chi connectivity index (χ2v) is 7.21. The topological polar surface area (TPSA) is 108 Å². The molecule has 3 rings (SSSR count). The van der Waals surface area contributed by atoms with E-state index in [0.29, 0.717) is 17.3 Å². The third kappa shape index (κ3) is 5.03. The van der Waals surface area contributed by atoms with E-state index in [2.05, 4.69) is 31.0 Å². The second-order valence-electron chi connectivity index (χ2n) is 7.21. The van der Waals surface area contributed by atoms with E-state index in [0.717, 1.165) is 5.56 Å². The van der Waals surface area contributed by atoms with Crippen LogP contribution in [-0.2, 0) is 0 Å². The van der Waals surface area contributed by atoms with Gasteiger partial charge < -0.3 is 9.84 Å². The minimum absolute atomic E-state index is 0.148. The predicted octanol–water partition coefficient (Wildman–Crippen LogP) is 3.51. The van der Waals surface area contributed by atoms with Crippen molar-refractivity contribution in [1.29, 1.82) is 0 Å². The Kier molecular flexibility index (Phi) is 5.25. The van der Waals surface area contributed by atoms with Crippen LogP contribution in [-0.4, -0.2) is 32.8 Å². The molecular formula is C19H21FN6O2. The number of nitrogens with zero attached hydrogens (tertiary/aromatic N) is 3. The average molecular weight is 384 g/mol. The number of halogens is 1. The lowest BCUT2D eigenvalue weighted by molar-refractivity contribution is 0.0968. The van der Waals surface area contributed by atoms with Gasteiger partial charge in [0, 0.05) is 12.1 Å². The molecule has 0 atom stereocenters. The van der Waals surface area contributed by atoms with Crippen LogP contribution >= 0.6 is 0 Å². The van der Waals surface area contributed by atoms with E-state index in [1.165, 1.54) is 18.2 Å². The molecule has 8 nitrogen and oxygen atoms in total. The fraction of sp³-hybridized carbons (Fsp3) is 0.263. The molecule has 0 aliphatic heterocycles. The Balaban J connectivity index is 1.79. The summed E-state index contributed by atoms with van der Waals surface area (Å²) in [5.74, 6) is 0.423. The standard InChI is InChI=1S/C19H21FN6O2/c1-11-9-15(26-28-11)17(27)22-18(23-19(2,3)4)21-16-10-14(24-25-16)12-5-7-13(20)8-6-12/h5-10H,1-4H3,(H3,21,22,23,24,25,27). The zero-order valence-electron chi connectivity index (χ0n) is 16.0. The number of hydrogen-bond donors (Lipinski definition) is 3. The van der Waals surface area contributed by atoms with Crippen molar-refractivity contribution in [2.24, 2.45) is 4.99 Å². The first-order chi connectivity index (χ1) is 13.2. The summed E-state index contributed by atoms with van der Waals surface area (Å²) in [5, 5.41) is 16.4. The van der Waals surface area contributed by atoms with Crippen LogP contribution in [0.15, 0.2) is 45.9 Å². The molecule has 0 spiro atoms. The molecule has 0 fully saturated rings. The van der Waals surface area contributed by atoms with Crippen LogP contribution in [0.2, 0.25) is 0 Å².